The Morgan fingerprint density at radius 1 is 0.969 bits per heavy atom. The van der Waals surface area contributed by atoms with Crippen LogP contribution >= 0.6 is 11.8 Å². The molecule has 1 saturated carbocycles. The molecule has 32 heavy (non-hydrogen) atoms. The Labute approximate surface area is 193 Å². The SMILES string of the molecule is CSc1ccccc1NC(=O)NC1CCC(Nc2nc(N(C)C)c3ccccc3n2)CC1. The minimum atomic E-state index is -0.142. The van der Waals surface area contributed by atoms with Crippen molar-refractivity contribution < 1.29 is 4.79 Å². The van der Waals surface area contributed by atoms with E-state index in [1.165, 1.54) is 0 Å². The molecule has 1 aliphatic carbocycles. The van der Waals surface area contributed by atoms with E-state index < -0.39 is 0 Å². The molecule has 7 nitrogen and oxygen atoms in total. The molecule has 4 rings (SSSR count). The number of fused-ring (bicyclic) bond motifs is 1. The van der Waals surface area contributed by atoms with Gasteiger partial charge >= 0.3 is 6.03 Å². The number of nitrogens with zero attached hydrogens (tertiary/aromatic N) is 3. The van der Waals surface area contributed by atoms with Crippen LogP contribution in [0.25, 0.3) is 10.9 Å². The summed E-state index contributed by atoms with van der Waals surface area (Å²) in [5, 5.41) is 10.7. The molecule has 0 radical (unpaired) electrons. The molecule has 1 heterocycles. The number of nitrogens with one attached hydrogen (secondary N) is 3. The van der Waals surface area contributed by atoms with Crippen molar-refractivity contribution in [1.82, 2.24) is 15.3 Å². The number of anilines is 3. The third kappa shape index (κ3) is 5.24. The summed E-state index contributed by atoms with van der Waals surface area (Å²) < 4.78 is 0. The molecule has 3 N–H and O–H groups in total. The number of hydrogen-bond donors (Lipinski definition) is 3. The maximum absolute atomic E-state index is 12.5. The summed E-state index contributed by atoms with van der Waals surface area (Å²) in [4.78, 5) is 25.0. The first kappa shape index (κ1) is 22.2. The van der Waals surface area contributed by atoms with E-state index in [1.54, 1.807) is 11.8 Å². The molecule has 8 heteroatoms. The number of para-hydroxylation sites is 2. The van der Waals surface area contributed by atoms with Crippen LogP contribution in [0.3, 0.4) is 0 Å². The molecule has 0 aliphatic heterocycles. The second-order valence-corrected chi connectivity index (χ2v) is 9.12. The fraction of sp³-hybridized carbons (Fsp3) is 0.375. The van der Waals surface area contributed by atoms with Crippen LogP contribution < -0.4 is 20.9 Å². The van der Waals surface area contributed by atoms with E-state index in [0.29, 0.717) is 12.0 Å². The third-order valence-corrected chi connectivity index (χ3v) is 6.55. The monoisotopic (exact) mass is 450 g/mol. The Kier molecular flexibility index (Phi) is 6.99. The summed E-state index contributed by atoms with van der Waals surface area (Å²) in [6, 6.07) is 16.2. The molecular formula is C24H30N6OS. The van der Waals surface area contributed by atoms with Crippen LogP contribution in [-0.2, 0) is 0 Å². The van der Waals surface area contributed by atoms with Gasteiger partial charge in [0.1, 0.15) is 5.82 Å². The molecule has 0 spiro atoms. The molecule has 0 unspecified atom stereocenters. The zero-order chi connectivity index (χ0) is 22.5. The van der Waals surface area contributed by atoms with Gasteiger partial charge in [0.15, 0.2) is 0 Å². The summed E-state index contributed by atoms with van der Waals surface area (Å²) >= 11 is 1.62. The average molecular weight is 451 g/mol. The largest absolute Gasteiger partial charge is 0.362 e. The Morgan fingerprint density at radius 3 is 2.41 bits per heavy atom. The normalized spacial score (nSPS) is 18.2. The van der Waals surface area contributed by atoms with Crippen LogP contribution in [0.4, 0.5) is 22.2 Å². The number of benzene rings is 2. The predicted octanol–water partition coefficient (Wildman–Crippen LogP) is 4.96. The van der Waals surface area contributed by atoms with Gasteiger partial charge in [-0.05, 0) is 56.2 Å². The summed E-state index contributed by atoms with van der Waals surface area (Å²) in [5.41, 5.74) is 1.78. The quantitative estimate of drug-likeness (QED) is 0.461. The van der Waals surface area contributed by atoms with Crippen molar-refractivity contribution in [2.75, 3.05) is 35.9 Å². The number of carbonyl (C=O) groups is 1. The first-order valence-corrected chi connectivity index (χ1v) is 12.2. The highest BCUT2D eigenvalue weighted by atomic mass is 32.2. The van der Waals surface area contributed by atoms with Gasteiger partial charge in [-0.2, -0.15) is 4.98 Å². The van der Waals surface area contributed by atoms with E-state index in [0.717, 1.165) is 53.0 Å². The highest BCUT2D eigenvalue weighted by Gasteiger charge is 2.23. The van der Waals surface area contributed by atoms with Gasteiger partial charge < -0.3 is 20.9 Å². The Hall–Kier alpha value is -3.00. The molecule has 3 aromatic rings. The summed E-state index contributed by atoms with van der Waals surface area (Å²) in [6.45, 7) is 0. The smallest absolute Gasteiger partial charge is 0.319 e. The van der Waals surface area contributed by atoms with Crippen molar-refractivity contribution in [1.29, 1.82) is 0 Å². The van der Waals surface area contributed by atoms with Crippen molar-refractivity contribution in [3.05, 3.63) is 48.5 Å². The van der Waals surface area contributed by atoms with E-state index in [9.17, 15) is 4.79 Å². The molecule has 0 bridgehead atoms. The van der Waals surface area contributed by atoms with Gasteiger partial charge in [-0.3, -0.25) is 0 Å². The minimum Gasteiger partial charge on any atom is -0.362 e. The number of thioether (sulfide) groups is 1. The Bertz CT molecular complexity index is 1080. The zero-order valence-corrected chi connectivity index (χ0v) is 19.6. The zero-order valence-electron chi connectivity index (χ0n) is 18.8. The van der Waals surface area contributed by atoms with Gasteiger partial charge in [0.05, 0.1) is 11.2 Å². The van der Waals surface area contributed by atoms with Crippen LogP contribution in [0.2, 0.25) is 0 Å². The number of aromatic nitrogens is 2. The van der Waals surface area contributed by atoms with Crippen LogP contribution in [0.1, 0.15) is 25.7 Å². The Balaban J connectivity index is 1.33. The fourth-order valence-electron chi connectivity index (χ4n) is 4.12. The van der Waals surface area contributed by atoms with Crippen molar-refractivity contribution in [3.63, 3.8) is 0 Å². The van der Waals surface area contributed by atoms with Gasteiger partial charge in [-0.1, -0.05) is 24.3 Å². The van der Waals surface area contributed by atoms with E-state index >= 15 is 0 Å². The topological polar surface area (TPSA) is 82.2 Å². The number of carbonyl (C=O) groups excluding carboxylic acids is 1. The van der Waals surface area contributed by atoms with E-state index in [-0.39, 0.29) is 12.1 Å². The van der Waals surface area contributed by atoms with Crippen LogP contribution in [0.5, 0.6) is 0 Å². The number of hydrogen-bond acceptors (Lipinski definition) is 6. The van der Waals surface area contributed by atoms with Gasteiger partial charge in [0.25, 0.3) is 0 Å². The molecule has 2 amide bonds. The van der Waals surface area contributed by atoms with Crippen molar-refractivity contribution in [3.8, 4) is 0 Å². The minimum absolute atomic E-state index is 0.142. The first-order chi connectivity index (χ1) is 15.5. The fourth-order valence-corrected chi connectivity index (χ4v) is 4.68. The lowest BCUT2D eigenvalue weighted by atomic mass is 9.91. The highest BCUT2D eigenvalue weighted by Crippen LogP contribution is 2.27. The number of rotatable bonds is 6. The molecule has 1 aliphatic rings. The van der Waals surface area contributed by atoms with Crippen molar-refractivity contribution in [2.45, 2.75) is 42.7 Å². The molecule has 0 saturated heterocycles. The van der Waals surface area contributed by atoms with Crippen molar-refractivity contribution in [2.24, 2.45) is 0 Å². The van der Waals surface area contributed by atoms with Gasteiger partial charge in [-0.15, -0.1) is 11.8 Å². The van der Waals surface area contributed by atoms with Crippen LogP contribution in [-0.4, -0.2) is 48.4 Å². The van der Waals surface area contributed by atoms with E-state index in [1.807, 2.05) is 73.8 Å². The standard InChI is InChI=1S/C24H30N6OS/c1-30(2)22-18-8-4-5-9-19(18)27-23(29-22)25-16-12-14-17(15-13-16)26-24(31)28-20-10-6-7-11-21(20)32-3/h4-11,16-17H,12-15H2,1-3H3,(H,25,27,29)(H2,26,28,31). The van der Waals surface area contributed by atoms with E-state index in [2.05, 4.69) is 16.0 Å². The summed E-state index contributed by atoms with van der Waals surface area (Å²) in [5.74, 6) is 1.57. The Morgan fingerprint density at radius 2 is 1.66 bits per heavy atom. The second kappa shape index (κ2) is 10.1. The number of amides is 2. The molecule has 1 aromatic heterocycles. The van der Waals surface area contributed by atoms with Crippen LogP contribution in [0.15, 0.2) is 53.4 Å². The summed E-state index contributed by atoms with van der Waals surface area (Å²) in [6.07, 6.45) is 5.76. The lowest BCUT2D eigenvalue weighted by Crippen LogP contribution is -2.42. The average Bonchev–Trinajstić information content (AvgIpc) is 2.80. The summed E-state index contributed by atoms with van der Waals surface area (Å²) in [7, 11) is 4.00. The highest BCUT2D eigenvalue weighted by molar-refractivity contribution is 7.98. The molecule has 0 atom stereocenters. The van der Waals surface area contributed by atoms with Gasteiger partial charge in [-0.25, -0.2) is 9.78 Å². The maximum atomic E-state index is 12.5. The maximum Gasteiger partial charge on any atom is 0.319 e. The molecular weight excluding hydrogens is 420 g/mol. The molecule has 2 aromatic carbocycles. The van der Waals surface area contributed by atoms with Gasteiger partial charge in [0.2, 0.25) is 5.95 Å². The lowest BCUT2D eigenvalue weighted by molar-refractivity contribution is 0.243. The van der Waals surface area contributed by atoms with E-state index in [4.69, 9.17) is 9.97 Å². The van der Waals surface area contributed by atoms with Crippen molar-refractivity contribution >= 4 is 46.1 Å². The number of urea groups is 1. The van der Waals surface area contributed by atoms with Crippen LogP contribution in [0, 0.1) is 0 Å². The first-order valence-electron chi connectivity index (χ1n) is 10.9. The lowest BCUT2D eigenvalue weighted by Gasteiger charge is -2.30. The van der Waals surface area contributed by atoms with Gasteiger partial charge in [0, 0.05) is 36.5 Å². The third-order valence-electron chi connectivity index (χ3n) is 5.76. The second-order valence-electron chi connectivity index (χ2n) is 8.27. The molecule has 1 fully saturated rings. The predicted molar refractivity (Wildman–Crippen MR) is 134 cm³/mol. The molecule has 168 valence electrons.